The lowest BCUT2D eigenvalue weighted by Crippen LogP contribution is -2.01. The van der Waals surface area contributed by atoms with E-state index in [1.165, 1.54) is 27.4 Å². The number of nitrogens with zero attached hydrogens (tertiary/aromatic N) is 2. The van der Waals surface area contributed by atoms with E-state index in [1.54, 1.807) is 0 Å². The van der Waals surface area contributed by atoms with Crippen LogP contribution in [0.15, 0.2) is 91.0 Å². The molecule has 2 heterocycles. The SMILES string of the molecule is [CH2]c1cc2c3ccccc3n(Cc3ccccc3)c2c(-c2ccccc2)n1. The molecule has 0 fully saturated rings. The van der Waals surface area contributed by atoms with E-state index in [9.17, 15) is 0 Å². The van der Waals surface area contributed by atoms with Crippen LogP contribution in [0.25, 0.3) is 33.1 Å². The molecule has 0 saturated heterocycles. The summed E-state index contributed by atoms with van der Waals surface area (Å²) in [7, 11) is 0. The van der Waals surface area contributed by atoms with Gasteiger partial charge in [0.25, 0.3) is 0 Å². The first kappa shape index (κ1) is 15.8. The van der Waals surface area contributed by atoms with Gasteiger partial charge in [0.2, 0.25) is 0 Å². The van der Waals surface area contributed by atoms with Crippen LogP contribution in [0.3, 0.4) is 0 Å². The van der Waals surface area contributed by atoms with Crippen LogP contribution in [-0.2, 0) is 6.54 Å². The van der Waals surface area contributed by atoms with Crippen LogP contribution >= 0.6 is 0 Å². The molecule has 2 aromatic heterocycles. The Kier molecular flexibility index (Phi) is 3.75. The van der Waals surface area contributed by atoms with Crippen molar-refractivity contribution < 1.29 is 0 Å². The molecule has 0 unspecified atom stereocenters. The lowest BCUT2D eigenvalue weighted by Gasteiger charge is -2.12. The number of pyridine rings is 1. The summed E-state index contributed by atoms with van der Waals surface area (Å²) in [4.78, 5) is 4.84. The minimum atomic E-state index is 0.795. The smallest absolute Gasteiger partial charge is 0.0948 e. The summed E-state index contributed by atoms with van der Waals surface area (Å²) in [6.07, 6.45) is 0. The van der Waals surface area contributed by atoms with Crippen LogP contribution in [-0.4, -0.2) is 9.55 Å². The third-order valence-electron chi connectivity index (χ3n) is 5.03. The predicted molar refractivity (Wildman–Crippen MR) is 113 cm³/mol. The molecule has 2 heteroatoms. The van der Waals surface area contributed by atoms with E-state index >= 15 is 0 Å². The maximum absolute atomic E-state index is 4.84. The summed E-state index contributed by atoms with van der Waals surface area (Å²) < 4.78 is 2.38. The molecule has 0 amide bonds. The number of hydrogen-bond acceptors (Lipinski definition) is 1. The summed E-state index contributed by atoms with van der Waals surface area (Å²) in [6.45, 7) is 4.94. The van der Waals surface area contributed by atoms with Gasteiger partial charge in [0, 0.05) is 34.1 Å². The minimum Gasteiger partial charge on any atom is -0.334 e. The zero-order valence-corrected chi connectivity index (χ0v) is 15.0. The molecule has 0 spiro atoms. The van der Waals surface area contributed by atoms with Gasteiger partial charge < -0.3 is 4.57 Å². The van der Waals surface area contributed by atoms with E-state index in [-0.39, 0.29) is 0 Å². The summed E-state index contributed by atoms with van der Waals surface area (Å²) in [5.41, 5.74) is 6.57. The molecule has 3 aromatic carbocycles. The topological polar surface area (TPSA) is 17.8 Å². The standard InChI is InChI=1S/C25H19N2/c1-18-16-22-21-14-8-9-15-23(21)27(17-19-10-4-2-5-11-19)25(22)24(26-18)20-12-6-3-7-13-20/h2-16H,1,17H2. The first-order chi connectivity index (χ1) is 13.3. The first-order valence-electron chi connectivity index (χ1n) is 9.14. The fraction of sp³-hybridized carbons (Fsp3) is 0.0400. The Labute approximate surface area is 158 Å². The molecule has 0 aliphatic carbocycles. The van der Waals surface area contributed by atoms with Crippen molar-refractivity contribution in [2.45, 2.75) is 6.54 Å². The highest BCUT2D eigenvalue weighted by Crippen LogP contribution is 2.35. The van der Waals surface area contributed by atoms with Crippen molar-refractivity contribution in [3.8, 4) is 11.3 Å². The van der Waals surface area contributed by atoms with Gasteiger partial charge in [-0.05, 0) is 24.6 Å². The van der Waals surface area contributed by atoms with Crippen molar-refractivity contribution in [3.05, 3.63) is 109 Å². The number of benzene rings is 3. The zero-order chi connectivity index (χ0) is 18.2. The number of rotatable bonds is 3. The van der Waals surface area contributed by atoms with Gasteiger partial charge in [-0.3, -0.25) is 4.98 Å². The predicted octanol–water partition coefficient (Wildman–Crippen LogP) is 6.09. The van der Waals surface area contributed by atoms with E-state index in [2.05, 4.69) is 96.4 Å². The molecule has 0 saturated carbocycles. The molecule has 1 radical (unpaired) electrons. The fourth-order valence-electron chi connectivity index (χ4n) is 3.85. The van der Waals surface area contributed by atoms with Crippen LogP contribution < -0.4 is 0 Å². The molecule has 5 rings (SSSR count). The lowest BCUT2D eigenvalue weighted by atomic mass is 10.1. The molecule has 0 bridgehead atoms. The monoisotopic (exact) mass is 347 g/mol. The maximum Gasteiger partial charge on any atom is 0.0948 e. The molecule has 0 atom stereocenters. The number of fused-ring (bicyclic) bond motifs is 3. The molecular formula is C25H19N2. The molecule has 0 aliphatic rings. The van der Waals surface area contributed by atoms with Crippen LogP contribution in [0.1, 0.15) is 11.3 Å². The Bertz CT molecular complexity index is 1240. The van der Waals surface area contributed by atoms with E-state index in [0.29, 0.717) is 0 Å². The largest absolute Gasteiger partial charge is 0.334 e. The Morgan fingerprint density at radius 1 is 0.741 bits per heavy atom. The first-order valence-corrected chi connectivity index (χ1v) is 9.14. The van der Waals surface area contributed by atoms with Gasteiger partial charge in [-0.25, -0.2) is 0 Å². The second-order valence-electron chi connectivity index (χ2n) is 6.81. The van der Waals surface area contributed by atoms with Crippen molar-refractivity contribution in [2.75, 3.05) is 0 Å². The third-order valence-corrected chi connectivity index (χ3v) is 5.03. The number of aromatic nitrogens is 2. The highest BCUT2D eigenvalue weighted by molar-refractivity contribution is 6.12. The van der Waals surface area contributed by atoms with Crippen LogP contribution in [0.5, 0.6) is 0 Å². The Morgan fingerprint density at radius 2 is 1.41 bits per heavy atom. The van der Waals surface area contributed by atoms with Gasteiger partial charge in [-0.1, -0.05) is 78.9 Å². The van der Waals surface area contributed by atoms with Crippen LogP contribution in [0.4, 0.5) is 0 Å². The van der Waals surface area contributed by atoms with Gasteiger partial charge >= 0.3 is 0 Å². The molecule has 2 nitrogen and oxygen atoms in total. The maximum atomic E-state index is 4.84. The van der Waals surface area contributed by atoms with Crippen LogP contribution in [0.2, 0.25) is 0 Å². The van der Waals surface area contributed by atoms with Gasteiger partial charge in [0.15, 0.2) is 0 Å². The van der Waals surface area contributed by atoms with Crippen molar-refractivity contribution in [2.24, 2.45) is 0 Å². The van der Waals surface area contributed by atoms with Gasteiger partial charge in [-0.15, -0.1) is 0 Å². The highest BCUT2D eigenvalue weighted by atomic mass is 15.0. The average Bonchev–Trinajstić information content (AvgIpc) is 3.03. The molecule has 0 N–H and O–H groups in total. The summed E-state index contributed by atoms with van der Waals surface area (Å²) in [5.74, 6) is 0. The van der Waals surface area contributed by atoms with Gasteiger partial charge in [-0.2, -0.15) is 0 Å². The molecule has 5 aromatic rings. The van der Waals surface area contributed by atoms with E-state index in [0.717, 1.165) is 23.5 Å². The van der Waals surface area contributed by atoms with Gasteiger partial charge in [0.1, 0.15) is 0 Å². The van der Waals surface area contributed by atoms with E-state index < -0.39 is 0 Å². The molecule has 0 aliphatic heterocycles. The zero-order valence-electron chi connectivity index (χ0n) is 15.0. The van der Waals surface area contributed by atoms with E-state index in [1.807, 2.05) is 6.07 Å². The second kappa shape index (κ2) is 6.40. The normalized spacial score (nSPS) is 11.3. The van der Waals surface area contributed by atoms with Crippen molar-refractivity contribution >= 4 is 21.8 Å². The Balaban J connectivity index is 1.88. The average molecular weight is 347 g/mol. The van der Waals surface area contributed by atoms with Gasteiger partial charge in [0.05, 0.1) is 11.2 Å². The fourth-order valence-corrected chi connectivity index (χ4v) is 3.85. The summed E-state index contributed by atoms with van der Waals surface area (Å²) >= 11 is 0. The summed E-state index contributed by atoms with van der Waals surface area (Å²) in [5, 5.41) is 2.45. The number of hydrogen-bond donors (Lipinski definition) is 0. The van der Waals surface area contributed by atoms with Crippen molar-refractivity contribution in [1.82, 2.24) is 9.55 Å². The quantitative estimate of drug-likeness (QED) is 0.386. The van der Waals surface area contributed by atoms with E-state index in [4.69, 9.17) is 4.98 Å². The molecular weight excluding hydrogens is 328 g/mol. The number of para-hydroxylation sites is 1. The highest BCUT2D eigenvalue weighted by Gasteiger charge is 2.17. The lowest BCUT2D eigenvalue weighted by molar-refractivity contribution is 0.867. The molecule has 129 valence electrons. The van der Waals surface area contributed by atoms with Crippen LogP contribution in [0, 0.1) is 6.92 Å². The summed E-state index contributed by atoms with van der Waals surface area (Å²) in [6, 6.07) is 31.6. The van der Waals surface area contributed by atoms with Crippen molar-refractivity contribution in [1.29, 1.82) is 0 Å². The molecule has 27 heavy (non-hydrogen) atoms. The minimum absolute atomic E-state index is 0.795. The Hall–Kier alpha value is -3.39. The second-order valence-corrected chi connectivity index (χ2v) is 6.81. The third kappa shape index (κ3) is 2.70. The van der Waals surface area contributed by atoms with Crippen molar-refractivity contribution in [3.63, 3.8) is 0 Å². The Morgan fingerprint density at radius 3 is 2.19 bits per heavy atom.